The zero-order valence-electron chi connectivity index (χ0n) is 26.2. The lowest BCUT2D eigenvalue weighted by molar-refractivity contribution is -0.137. The Morgan fingerprint density at radius 1 is 0.918 bits per heavy atom. The smallest absolute Gasteiger partial charge is 0.349 e. The van der Waals surface area contributed by atoms with Gasteiger partial charge in [-0.2, -0.15) is 17.5 Å². The van der Waals surface area contributed by atoms with Gasteiger partial charge < -0.3 is 10.2 Å². The van der Waals surface area contributed by atoms with Crippen molar-refractivity contribution >= 4 is 33.5 Å². The quantitative estimate of drug-likeness (QED) is 0.221. The molecule has 3 aromatic carbocycles. The Hall–Kier alpha value is -4.11. The molecule has 0 spiro atoms. The van der Waals surface area contributed by atoms with Crippen LogP contribution < -0.4 is 10.2 Å². The van der Waals surface area contributed by atoms with Crippen LogP contribution >= 0.6 is 11.6 Å². The molecule has 4 aromatic rings. The van der Waals surface area contributed by atoms with E-state index in [9.17, 15) is 30.8 Å². The van der Waals surface area contributed by atoms with Crippen LogP contribution in [-0.2, 0) is 34.1 Å². The minimum atomic E-state index is -4.49. The number of rotatable bonds is 9. The molecule has 15 heteroatoms. The highest BCUT2D eigenvalue weighted by atomic mass is 35.5. The van der Waals surface area contributed by atoms with Gasteiger partial charge >= 0.3 is 6.18 Å². The third-order valence-electron chi connectivity index (χ3n) is 8.65. The number of nitrogens with zero attached hydrogens (tertiary/aromatic N) is 5. The molecule has 1 aromatic heterocycles. The van der Waals surface area contributed by atoms with Crippen LogP contribution in [0.3, 0.4) is 0 Å². The third-order valence-corrected chi connectivity index (χ3v) is 10.9. The lowest BCUT2D eigenvalue weighted by Crippen LogP contribution is -2.47. The van der Waals surface area contributed by atoms with Gasteiger partial charge in [0.2, 0.25) is 21.9 Å². The fourth-order valence-corrected chi connectivity index (χ4v) is 7.85. The lowest BCUT2D eigenvalue weighted by Gasteiger charge is -2.35. The number of hydrogen-bond acceptors (Lipinski definition) is 7. The topological polar surface area (TPSA) is 98.7 Å². The minimum absolute atomic E-state index is 0.0740. The first kappa shape index (κ1) is 34.7. The van der Waals surface area contributed by atoms with E-state index in [1.54, 1.807) is 6.07 Å². The zero-order chi connectivity index (χ0) is 34.8. The second-order valence-electron chi connectivity index (χ2n) is 11.9. The average molecular weight is 717 g/mol. The van der Waals surface area contributed by atoms with E-state index in [1.165, 1.54) is 24.3 Å². The molecule has 2 aliphatic heterocycles. The van der Waals surface area contributed by atoms with Gasteiger partial charge in [-0.25, -0.2) is 22.8 Å². The Morgan fingerprint density at radius 2 is 1.61 bits per heavy atom. The number of carbonyl (C=O) groups excluding carboxylic acids is 1. The number of hydrogen-bond donors (Lipinski definition) is 1. The molecular formula is C34H33ClF4N6O3S. The molecule has 2 fully saturated rings. The summed E-state index contributed by atoms with van der Waals surface area (Å²) in [6.45, 7) is 3.25. The van der Waals surface area contributed by atoms with Crippen molar-refractivity contribution in [2.24, 2.45) is 0 Å². The van der Waals surface area contributed by atoms with Crippen molar-refractivity contribution < 1.29 is 30.8 Å². The summed E-state index contributed by atoms with van der Waals surface area (Å²) in [5.41, 5.74) is 1.45. The molecule has 0 aliphatic carbocycles. The fraction of sp³-hybridized carbons (Fsp3) is 0.324. The van der Waals surface area contributed by atoms with Crippen molar-refractivity contribution in [2.75, 3.05) is 37.6 Å². The molecular weight excluding hydrogens is 684 g/mol. The summed E-state index contributed by atoms with van der Waals surface area (Å²) in [6.07, 6.45) is -3.72. The summed E-state index contributed by atoms with van der Waals surface area (Å²) in [6, 6.07) is 17.4. The van der Waals surface area contributed by atoms with Gasteiger partial charge in [-0.15, -0.1) is 0 Å². The van der Waals surface area contributed by atoms with Crippen molar-refractivity contribution in [2.45, 2.75) is 43.0 Å². The van der Waals surface area contributed by atoms with E-state index in [0.717, 1.165) is 34.1 Å². The molecule has 2 aliphatic rings. The van der Waals surface area contributed by atoms with Crippen LogP contribution in [-0.4, -0.2) is 72.3 Å². The molecule has 9 nitrogen and oxygen atoms in total. The minimum Gasteiger partial charge on any atom is -0.349 e. The van der Waals surface area contributed by atoms with E-state index in [2.05, 4.69) is 10.2 Å². The van der Waals surface area contributed by atoms with Crippen molar-refractivity contribution in [1.29, 1.82) is 0 Å². The first-order valence-corrected chi connectivity index (χ1v) is 17.5. The summed E-state index contributed by atoms with van der Waals surface area (Å²) in [7, 11) is -4.06. The van der Waals surface area contributed by atoms with E-state index in [4.69, 9.17) is 21.6 Å². The molecule has 49 heavy (non-hydrogen) atoms. The van der Waals surface area contributed by atoms with Crippen LogP contribution in [0.4, 0.5) is 23.5 Å². The van der Waals surface area contributed by atoms with Gasteiger partial charge in [-0.3, -0.25) is 9.69 Å². The Labute approximate surface area is 286 Å². The standard InChI is InChI=1S/C34H33ClF4N6O3S/c35-29-5-2-1-4-24(29)22-43-16-18-44(19-17-43)33-41-27(20-30(42-33)23-7-9-25(10-8-23)34(37,38)39)21-40-32(46)31-6-3-15-45(31)49(47,48)28-13-11-26(36)12-14-28/h1-2,4-5,7-14,20,31H,3,6,15-19,21-22H2,(H,40,46). The number of anilines is 1. The molecule has 258 valence electrons. The van der Waals surface area contributed by atoms with E-state index < -0.39 is 39.5 Å². The maximum absolute atomic E-state index is 13.4. The first-order valence-electron chi connectivity index (χ1n) is 15.7. The van der Waals surface area contributed by atoms with Gasteiger partial charge in [-0.1, -0.05) is 41.9 Å². The van der Waals surface area contributed by atoms with Gasteiger partial charge in [-0.05, 0) is 66.9 Å². The number of carbonyl (C=O) groups is 1. The highest BCUT2D eigenvalue weighted by molar-refractivity contribution is 7.89. The van der Waals surface area contributed by atoms with Gasteiger partial charge in [0.15, 0.2) is 0 Å². The number of halogens is 5. The predicted octanol–water partition coefficient (Wildman–Crippen LogP) is 5.75. The van der Waals surface area contributed by atoms with E-state index in [1.807, 2.05) is 29.2 Å². The Bertz CT molecular complexity index is 1900. The zero-order valence-corrected chi connectivity index (χ0v) is 27.8. The van der Waals surface area contributed by atoms with Crippen LogP contribution in [0.5, 0.6) is 0 Å². The van der Waals surface area contributed by atoms with Crippen LogP contribution in [0, 0.1) is 5.82 Å². The molecule has 1 amide bonds. The average Bonchev–Trinajstić information content (AvgIpc) is 3.60. The normalized spacial score (nSPS) is 17.7. The number of piperazine rings is 1. The van der Waals surface area contributed by atoms with Crippen LogP contribution in [0.2, 0.25) is 5.02 Å². The summed E-state index contributed by atoms with van der Waals surface area (Å²) in [5.74, 6) is -0.735. The number of benzene rings is 3. The maximum Gasteiger partial charge on any atom is 0.416 e. The van der Waals surface area contributed by atoms with E-state index in [0.29, 0.717) is 73.5 Å². The predicted molar refractivity (Wildman–Crippen MR) is 177 cm³/mol. The molecule has 3 heterocycles. The lowest BCUT2D eigenvalue weighted by atomic mass is 10.1. The summed E-state index contributed by atoms with van der Waals surface area (Å²) in [5, 5.41) is 3.49. The van der Waals surface area contributed by atoms with Crippen molar-refractivity contribution in [3.05, 3.63) is 107 Å². The summed E-state index contributed by atoms with van der Waals surface area (Å²) >= 11 is 6.36. The van der Waals surface area contributed by atoms with Gasteiger partial charge in [0.1, 0.15) is 11.9 Å². The van der Waals surface area contributed by atoms with E-state index >= 15 is 0 Å². The van der Waals surface area contributed by atoms with Crippen molar-refractivity contribution in [3.8, 4) is 11.3 Å². The molecule has 0 bridgehead atoms. The van der Waals surface area contributed by atoms with Crippen LogP contribution in [0.1, 0.15) is 29.7 Å². The highest BCUT2D eigenvalue weighted by Gasteiger charge is 2.39. The molecule has 6 rings (SSSR count). The number of nitrogens with one attached hydrogen (secondary N) is 1. The SMILES string of the molecule is O=C(NCc1cc(-c2ccc(C(F)(F)F)cc2)nc(N2CCN(Cc3ccccc3Cl)CC2)n1)C1CCCN1S(=O)(=O)c1ccc(F)cc1. The number of alkyl halides is 3. The van der Waals surface area contributed by atoms with Crippen LogP contribution in [0.15, 0.2) is 83.8 Å². The van der Waals surface area contributed by atoms with Gasteiger partial charge in [0.25, 0.3) is 0 Å². The van der Waals surface area contributed by atoms with Gasteiger partial charge in [0.05, 0.1) is 28.4 Å². The fourth-order valence-electron chi connectivity index (χ4n) is 5.99. The molecule has 1 N–H and O–H groups in total. The highest BCUT2D eigenvalue weighted by Crippen LogP contribution is 2.32. The van der Waals surface area contributed by atoms with Crippen molar-refractivity contribution in [3.63, 3.8) is 0 Å². The third kappa shape index (κ3) is 8.04. The van der Waals surface area contributed by atoms with Crippen LogP contribution in [0.25, 0.3) is 11.3 Å². The monoisotopic (exact) mass is 716 g/mol. The second-order valence-corrected chi connectivity index (χ2v) is 14.2. The van der Waals surface area contributed by atoms with E-state index in [-0.39, 0.29) is 18.0 Å². The number of aromatic nitrogens is 2. The summed E-state index contributed by atoms with van der Waals surface area (Å²) < 4.78 is 81.0. The van der Waals surface area contributed by atoms with Gasteiger partial charge in [0, 0.05) is 49.9 Å². The molecule has 0 saturated carbocycles. The molecule has 1 atom stereocenters. The molecule has 0 radical (unpaired) electrons. The Kier molecular flexibility index (Phi) is 10.2. The number of sulfonamides is 1. The Morgan fingerprint density at radius 3 is 2.29 bits per heavy atom. The first-order chi connectivity index (χ1) is 23.4. The summed E-state index contributed by atoms with van der Waals surface area (Å²) in [4.78, 5) is 26.9. The Balaban J connectivity index is 1.20. The largest absolute Gasteiger partial charge is 0.416 e. The van der Waals surface area contributed by atoms with Crippen molar-refractivity contribution in [1.82, 2.24) is 24.5 Å². The molecule has 1 unspecified atom stereocenters. The maximum atomic E-state index is 13.4. The number of amides is 1. The molecule has 2 saturated heterocycles. The second kappa shape index (κ2) is 14.4.